The van der Waals surface area contributed by atoms with Crippen LogP contribution < -0.4 is 5.32 Å². The normalized spacial score (nSPS) is 15.3. The van der Waals surface area contributed by atoms with Crippen molar-refractivity contribution < 1.29 is 23.9 Å². The van der Waals surface area contributed by atoms with Crippen molar-refractivity contribution in [2.75, 3.05) is 11.9 Å². The van der Waals surface area contributed by atoms with Crippen LogP contribution in [0.5, 0.6) is 0 Å². The summed E-state index contributed by atoms with van der Waals surface area (Å²) in [5.74, 6) is -2.22. The number of benzene rings is 2. The van der Waals surface area contributed by atoms with E-state index >= 15 is 0 Å². The summed E-state index contributed by atoms with van der Waals surface area (Å²) in [6.07, 6.45) is 1.57. The number of carboxylic acids is 1. The lowest BCUT2D eigenvalue weighted by molar-refractivity contribution is -0.140. The molecule has 6 nitrogen and oxygen atoms in total. The van der Waals surface area contributed by atoms with Gasteiger partial charge in [-0.3, -0.25) is 19.3 Å². The maximum atomic E-state index is 14.8. The molecule has 0 bridgehead atoms. The zero-order valence-corrected chi connectivity index (χ0v) is 18.5. The second-order valence-electron chi connectivity index (χ2n) is 7.68. The number of rotatable bonds is 6. The Morgan fingerprint density at radius 2 is 1.87 bits per heavy atom. The molecule has 3 rings (SSSR count). The summed E-state index contributed by atoms with van der Waals surface area (Å²) in [5.41, 5.74) is 4.24. The number of aliphatic carboxylic acids is 1. The first kappa shape index (κ1) is 22.6. The van der Waals surface area contributed by atoms with Crippen LogP contribution in [0, 0.1) is 19.7 Å². The monoisotopic (exact) mass is 442 g/mol. The zero-order valence-electron chi connectivity index (χ0n) is 17.7. The van der Waals surface area contributed by atoms with Gasteiger partial charge in [0.25, 0.3) is 11.1 Å². The smallest absolute Gasteiger partial charge is 0.323 e. The Morgan fingerprint density at radius 1 is 1.16 bits per heavy atom. The highest BCUT2D eigenvalue weighted by molar-refractivity contribution is 8.18. The van der Waals surface area contributed by atoms with Gasteiger partial charge in [-0.15, -0.1) is 0 Å². The second-order valence-corrected chi connectivity index (χ2v) is 8.67. The van der Waals surface area contributed by atoms with Gasteiger partial charge in [-0.25, -0.2) is 4.39 Å². The van der Waals surface area contributed by atoms with Crippen molar-refractivity contribution in [3.05, 3.63) is 57.7 Å². The lowest BCUT2D eigenvalue weighted by Gasteiger charge is -2.14. The molecular formula is C23H23FN2O4S. The van der Waals surface area contributed by atoms with Gasteiger partial charge in [0.2, 0.25) is 0 Å². The van der Waals surface area contributed by atoms with Gasteiger partial charge in [0.15, 0.2) is 0 Å². The Bertz CT molecular complexity index is 1110. The summed E-state index contributed by atoms with van der Waals surface area (Å²) in [4.78, 5) is 36.1. The highest BCUT2D eigenvalue weighted by Gasteiger charge is 2.36. The van der Waals surface area contributed by atoms with E-state index in [1.54, 1.807) is 12.1 Å². The number of aryl methyl sites for hydroxylation is 2. The van der Waals surface area contributed by atoms with Crippen LogP contribution in [0.2, 0.25) is 0 Å². The van der Waals surface area contributed by atoms with E-state index in [2.05, 4.69) is 5.32 Å². The number of amides is 2. The van der Waals surface area contributed by atoms with E-state index in [0.717, 1.165) is 16.7 Å². The van der Waals surface area contributed by atoms with Crippen LogP contribution in [0.4, 0.5) is 14.9 Å². The van der Waals surface area contributed by atoms with Gasteiger partial charge < -0.3 is 10.4 Å². The first-order chi connectivity index (χ1) is 14.6. The molecule has 2 N–H and O–H groups in total. The average Bonchev–Trinajstić information content (AvgIpc) is 2.91. The summed E-state index contributed by atoms with van der Waals surface area (Å²) < 4.78 is 14.8. The fourth-order valence-corrected chi connectivity index (χ4v) is 4.18. The lowest BCUT2D eigenvalue weighted by Crippen LogP contribution is -2.33. The van der Waals surface area contributed by atoms with E-state index in [-0.39, 0.29) is 16.8 Å². The molecule has 2 aromatic carbocycles. The number of halogens is 1. The van der Waals surface area contributed by atoms with Crippen LogP contribution >= 0.6 is 11.8 Å². The minimum Gasteiger partial charge on any atom is -0.480 e. The summed E-state index contributed by atoms with van der Waals surface area (Å²) >= 11 is 0.711. The van der Waals surface area contributed by atoms with Crippen LogP contribution in [0.1, 0.15) is 30.5 Å². The number of hydrogen-bond acceptors (Lipinski definition) is 5. The molecule has 0 atom stereocenters. The zero-order chi connectivity index (χ0) is 22.9. The third kappa shape index (κ3) is 4.96. The molecule has 0 aliphatic carbocycles. The van der Waals surface area contributed by atoms with Crippen molar-refractivity contribution in [2.24, 2.45) is 0 Å². The van der Waals surface area contributed by atoms with Gasteiger partial charge in [0.05, 0.1) is 4.91 Å². The van der Waals surface area contributed by atoms with E-state index in [9.17, 15) is 18.8 Å². The molecule has 1 saturated heterocycles. The number of anilines is 1. The van der Waals surface area contributed by atoms with Gasteiger partial charge in [0, 0.05) is 17.3 Å². The van der Waals surface area contributed by atoms with Gasteiger partial charge in [0.1, 0.15) is 12.4 Å². The molecule has 0 spiro atoms. The number of nitrogens with zero attached hydrogens (tertiary/aromatic N) is 1. The van der Waals surface area contributed by atoms with Crippen LogP contribution in [0.15, 0.2) is 35.2 Å². The van der Waals surface area contributed by atoms with Crippen molar-refractivity contribution in [3.63, 3.8) is 0 Å². The maximum Gasteiger partial charge on any atom is 0.323 e. The summed E-state index contributed by atoms with van der Waals surface area (Å²) in [7, 11) is 0. The molecular weight excluding hydrogens is 419 g/mol. The highest BCUT2D eigenvalue weighted by Crippen LogP contribution is 2.35. The van der Waals surface area contributed by atoms with Crippen molar-refractivity contribution >= 4 is 40.6 Å². The number of nitrogens with one attached hydrogen (secondary N) is 1. The topological polar surface area (TPSA) is 86.7 Å². The molecule has 0 radical (unpaired) electrons. The first-order valence-corrected chi connectivity index (χ1v) is 10.5. The van der Waals surface area contributed by atoms with E-state index < -0.39 is 23.7 Å². The van der Waals surface area contributed by atoms with Gasteiger partial charge in [-0.2, -0.15) is 0 Å². The molecule has 2 aromatic rings. The van der Waals surface area contributed by atoms with E-state index in [1.165, 1.54) is 6.07 Å². The van der Waals surface area contributed by atoms with E-state index in [1.807, 2.05) is 45.9 Å². The predicted molar refractivity (Wildman–Crippen MR) is 120 cm³/mol. The minimum absolute atomic E-state index is 0.164. The quantitative estimate of drug-likeness (QED) is 0.609. The number of hydrogen-bond donors (Lipinski definition) is 2. The lowest BCUT2D eigenvalue weighted by atomic mass is 9.94. The molecule has 31 heavy (non-hydrogen) atoms. The summed E-state index contributed by atoms with van der Waals surface area (Å²) in [5, 5.41) is 11.4. The van der Waals surface area contributed by atoms with Crippen molar-refractivity contribution in [2.45, 2.75) is 33.7 Å². The Hall–Kier alpha value is -3.13. The molecule has 8 heteroatoms. The maximum absolute atomic E-state index is 14.8. The molecule has 162 valence electrons. The third-order valence-corrected chi connectivity index (χ3v) is 5.69. The molecule has 0 saturated carbocycles. The second kappa shape index (κ2) is 8.93. The van der Waals surface area contributed by atoms with Gasteiger partial charge >= 0.3 is 5.97 Å². The van der Waals surface area contributed by atoms with Crippen LogP contribution in [0.25, 0.3) is 17.2 Å². The van der Waals surface area contributed by atoms with Gasteiger partial charge in [-0.05, 0) is 86.0 Å². The number of carbonyl (C=O) groups is 3. The Kier molecular flexibility index (Phi) is 6.50. The van der Waals surface area contributed by atoms with Crippen molar-refractivity contribution in [3.8, 4) is 11.1 Å². The van der Waals surface area contributed by atoms with Crippen LogP contribution in [-0.4, -0.2) is 39.7 Å². The minimum atomic E-state index is -1.25. The van der Waals surface area contributed by atoms with Crippen LogP contribution in [0.3, 0.4) is 0 Å². The van der Waals surface area contributed by atoms with Crippen molar-refractivity contribution in [1.82, 2.24) is 4.90 Å². The Balaban J connectivity index is 1.93. The first-order valence-electron chi connectivity index (χ1n) is 9.71. The largest absolute Gasteiger partial charge is 0.480 e. The molecule has 0 unspecified atom stereocenters. The van der Waals surface area contributed by atoms with Crippen molar-refractivity contribution in [1.29, 1.82) is 0 Å². The SMILES string of the molecule is Cc1cc(-c2ccc(NC(C)C)cc2F)c(C)cc1/C=C1\SC(=O)N(CC(=O)O)C1=O. The predicted octanol–water partition coefficient (Wildman–Crippen LogP) is 5.05. The number of carbonyl (C=O) groups excluding carboxylic acids is 2. The molecule has 1 aliphatic rings. The highest BCUT2D eigenvalue weighted by atomic mass is 32.2. The number of carboxylic acid groups (broad SMARTS) is 1. The fraction of sp³-hybridized carbons (Fsp3) is 0.261. The molecule has 2 amide bonds. The number of thioether (sulfide) groups is 1. The van der Waals surface area contributed by atoms with Gasteiger partial charge in [-0.1, -0.05) is 12.1 Å². The fourth-order valence-electron chi connectivity index (χ4n) is 3.35. The summed E-state index contributed by atoms with van der Waals surface area (Å²) in [6, 6.07) is 8.90. The number of imide groups is 1. The molecule has 0 aromatic heterocycles. The summed E-state index contributed by atoms with van der Waals surface area (Å²) in [6.45, 7) is 6.98. The van der Waals surface area contributed by atoms with E-state index in [0.29, 0.717) is 33.5 Å². The molecule has 1 heterocycles. The standard InChI is InChI=1S/C23H23FN2O4S/c1-12(2)25-16-5-6-17(19(24)10-16)18-8-13(3)15(7-14(18)4)9-20-22(29)26(11-21(27)28)23(30)31-20/h5-10,12,25H,11H2,1-4H3,(H,27,28)/b20-9-. The molecule has 1 fully saturated rings. The Morgan fingerprint density at radius 3 is 2.48 bits per heavy atom. The molecule has 1 aliphatic heterocycles. The van der Waals surface area contributed by atoms with E-state index in [4.69, 9.17) is 5.11 Å². The average molecular weight is 443 g/mol. The van der Waals surface area contributed by atoms with Crippen LogP contribution in [-0.2, 0) is 9.59 Å². The Labute approximate surface area is 184 Å². The third-order valence-electron chi connectivity index (χ3n) is 4.78.